The molecule has 0 amide bonds. The van der Waals surface area contributed by atoms with Crippen molar-refractivity contribution in [3.63, 3.8) is 0 Å². The average molecular weight is 428 g/mol. The lowest BCUT2D eigenvalue weighted by Crippen LogP contribution is -2.38. The Kier molecular flexibility index (Phi) is 6.86. The number of halogens is 3. The van der Waals surface area contributed by atoms with Gasteiger partial charge < -0.3 is 4.84 Å². The maximum absolute atomic E-state index is 13.8. The molecule has 0 fully saturated rings. The first kappa shape index (κ1) is 20.8. The highest BCUT2D eigenvalue weighted by Crippen LogP contribution is 2.28. The molecule has 4 nitrogen and oxygen atoms in total. The predicted octanol–water partition coefficient (Wildman–Crippen LogP) is 5.82. The molecule has 1 unspecified atom stereocenters. The molecule has 3 rings (SSSR count). The van der Waals surface area contributed by atoms with Gasteiger partial charge in [0.25, 0.3) is 0 Å². The van der Waals surface area contributed by atoms with E-state index in [1.807, 2.05) is 24.3 Å². The Morgan fingerprint density at radius 1 is 1.03 bits per heavy atom. The lowest BCUT2D eigenvalue weighted by atomic mass is 9.95. The Hall–Kier alpha value is -2.88. The zero-order chi connectivity index (χ0) is 20.8. The summed E-state index contributed by atoms with van der Waals surface area (Å²) in [5.74, 6) is -0.448. The molecule has 146 valence electrons. The van der Waals surface area contributed by atoms with Crippen LogP contribution in [0.1, 0.15) is 28.3 Å². The molecule has 3 aromatic carbocycles. The van der Waals surface area contributed by atoms with E-state index in [1.54, 1.807) is 30.3 Å². The second-order valence-corrected chi connectivity index (χ2v) is 6.94. The maximum atomic E-state index is 13.8. The quantitative estimate of drug-likeness (QED) is 0.466. The summed E-state index contributed by atoms with van der Waals surface area (Å²) in [6.07, 6.45) is 1.71. The van der Waals surface area contributed by atoms with Gasteiger partial charge in [-0.25, -0.2) is 9.82 Å². The molecule has 3 aromatic rings. The third-order valence-electron chi connectivity index (χ3n) is 4.22. The van der Waals surface area contributed by atoms with Crippen LogP contribution in [0.15, 0.2) is 67.2 Å². The first-order valence-electron chi connectivity index (χ1n) is 8.56. The topological polar surface area (TPSA) is 57.1 Å². The van der Waals surface area contributed by atoms with E-state index in [2.05, 4.69) is 17.6 Å². The van der Waals surface area contributed by atoms with Crippen LogP contribution in [0.2, 0.25) is 10.0 Å². The highest BCUT2D eigenvalue weighted by atomic mass is 35.5. The summed E-state index contributed by atoms with van der Waals surface area (Å²) in [4.78, 5) is 5.39. The van der Waals surface area contributed by atoms with Crippen molar-refractivity contribution in [2.24, 2.45) is 0 Å². The van der Waals surface area contributed by atoms with Crippen molar-refractivity contribution < 1.29 is 9.23 Å². The van der Waals surface area contributed by atoms with Crippen LogP contribution in [0.25, 0.3) is 6.08 Å². The highest BCUT2D eigenvalue weighted by molar-refractivity contribution is 6.31. The number of hydrogen-bond donors (Lipinski definition) is 2. The predicted molar refractivity (Wildman–Crippen MR) is 113 cm³/mol. The van der Waals surface area contributed by atoms with E-state index in [0.717, 1.165) is 22.8 Å². The lowest BCUT2D eigenvalue weighted by Gasteiger charge is -2.22. The smallest absolute Gasteiger partial charge is 0.152 e. The average Bonchev–Trinajstić information content (AvgIpc) is 2.72. The molecule has 0 heterocycles. The molecule has 7 heteroatoms. The number of rotatable bonds is 7. The molecule has 0 saturated carbocycles. The van der Waals surface area contributed by atoms with Crippen molar-refractivity contribution in [1.82, 2.24) is 11.0 Å². The van der Waals surface area contributed by atoms with Gasteiger partial charge in [0.15, 0.2) is 5.75 Å². The van der Waals surface area contributed by atoms with Gasteiger partial charge in [-0.05, 0) is 53.1 Å². The monoisotopic (exact) mass is 427 g/mol. The number of nitrogens with zero attached hydrogens (tertiary/aromatic N) is 1. The van der Waals surface area contributed by atoms with Crippen LogP contribution in [0.5, 0.6) is 5.75 Å². The number of nitrogens with one attached hydrogen (secondary N) is 2. The van der Waals surface area contributed by atoms with Crippen LogP contribution in [0, 0.1) is 17.1 Å². The van der Waals surface area contributed by atoms with Crippen LogP contribution >= 0.6 is 23.2 Å². The van der Waals surface area contributed by atoms with Gasteiger partial charge in [0, 0.05) is 16.1 Å². The summed E-state index contributed by atoms with van der Waals surface area (Å²) in [7, 11) is 0. The summed E-state index contributed by atoms with van der Waals surface area (Å²) in [6.45, 7) is 3.85. The van der Waals surface area contributed by atoms with Crippen molar-refractivity contribution in [3.8, 4) is 11.8 Å². The fourth-order valence-corrected chi connectivity index (χ4v) is 3.08. The van der Waals surface area contributed by atoms with Crippen LogP contribution in [0.3, 0.4) is 0 Å². The minimum Gasteiger partial charge on any atom is -0.394 e. The van der Waals surface area contributed by atoms with Crippen molar-refractivity contribution >= 4 is 29.3 Å². The Morgan fingerprint density at radius 3 is 2.41 bits per heavy atom. The highest BCUT2D eigenvalue weighted by Gasteiger charge is 2.17. The molecule has 0 spiro atoms. The van der Waals surface area contributed by atoms with E-state index in [9.17, 15) is 4.39 Å². The summed E-state index contributed by atoms with van der Waals surface area (Å²) in [5.41, 5.74) is 8.30. The molecule has 0 aromatic heterocycles. The zero-order valence-electron chi connectivity index (χ0n) is 15.1. The minimum absolute atomic E-state index is 0.0545. The van der Waals surface area contributed by atoms with Crippen LogP contribution in [-0.4, -0.2) is 0 Å². The van der Waals surface area contributed by atoms with E-state index < -0.39 is 5.82 Å². The van der Waals surface area contributed by atoms with E-state index in [0.29, 0.717) is 10.0 Å². The largest absolute Gasteiger partial charge is 0.394 e. The molecule has 29 heavy (non-hydrogen) atoms. The fourth-order valence-electron chi connectivity index (χ4n) is 2.78. The second kappa shape index (κ2) is 9.55. The van der Waals surface area contributed by atoms with Crippen molar-refractivity contribution in [2.75, 3.05) is 0 Å². The van der Waals surface area contributed by atoms with E-state index >= 15 is 0 Å². The standard InChI is InChI=1S/C22H16Cl2FN3O/c1-2-14-11-18(24)8-10-20(14)22(15-3-6-17(23)7-4-15)27-28-29-19-9-5-16(13-26)21(25)12-19/h2-12,22,27-28H,1H2. The number of nitriles is 1. The van der Waals surface area contributed by atoms with Gasteiger partial charge in [-0.2, -0.15) is 5.26 Å². The van der Waals surface area contributed by atoms with Crippen LogP contribution in [-0.2, 0) is 0 Å². The first-order valence-corrected chi connectivity index (χ1v) is 9.32. The summed E-state index contributed by atoms with van der Waals surface area (Å²) in [5, 5.41) is 10.0. The molecule has 0 bridgehead atoms. The Bertz CT molecular complexity index is 1060. The summed E-state index contributed by atoms with van der Waals surface area (Å²) in [6, 6.07) is 18.2. The van der Waals surface area contributed by atoms with E-state index in [-0.39, 0.29) is 17.4 Å². The molecule has 0 saturated heterocycles. The van der Waals surface area contributed by atoms with Gasteiger partial charge in [0.2, 0.25) is 0 Å². The van der Waals surface area contributed by atoms with Gasteiger partial charge in [-0.1, -0.05) is 59.6 Å². The summed E-state index contributed by atoms with van der Waals surface area (Å²) < 4.78 is 13.8. The molecule has 0 aliphatic rings. The molecular weight excluding hydrogens is 412 g/mol. The minimum atomic E-state index is -0.660. The Labute approximate surface area is 178 Å². The van der Waals surface area contributed by atoms with Gasteiger partial charge in [0.1, 0.15) is 11.9 Å². The molecule has 2 N–H and O–H groups in total. The first-order chi connectivity index (χ1) is 14.0. The van der Waals surface area contributed by atoms with Gasteiger partial charge in [-0.3, -0.25) is 0 Å². The normalized spacial score (nSPS) is 11.5. The molecule has 0 aliphatic heterocycles. The third-order valence-corrected chi connectivity index (χ3v) is 4.70. The van der Waals surface area contributed by atoms with Crippen molar-refractivity contribution in [2.45, 2.75) is 6.04 Å². The third kappa shape index (κ3) is 5.14. The second-order valence-electron chi connectivity index (χ2n) is 6.06. The number of benzene rings is 3. The summed E-state index contributed by atoms with van der Waals surface area (Å²) >= 11 is 12.1. The molecule has 0 aliphatic carbocycles. The molecule has 0 radical (unpaired) electrons. The van der Waals surface area contributed by atoms with E-state index in [4.69, 9.17) is 33.3 Å². The SMILES string of the molecule is C=Cc1cc(Cl)ccc1C(NNOc1ccc(C#N)c(F)c1)c1ccc(Cl)cc1. The van der Waals surface area contributed by atoms with Gasteiger partial charge >= 0.3 is 0 Å². The number of hydrazine groups is 1. The van der Waals surface area contributed by atoms with Gasteiger partial charge in [0.05, 0.1) is 11.6 Å². The van der Waals surface area contributed by atoms with Crippen molar-refractivity contribution in [1.29, 1.82) is 5.26 Å². The van der Waals surface area contributed by atoms with E-state index in [1.165, 1.54) is 12.1 Å². The fraction of sp³-hybridized carbons (Fsp3) is 0.0455. The maximum Gasteiger partial charge on any atom is 0.152 e. The molecule has 1 atom stereocenters. The molecular formula is C22H16Cl2FN3O. The Balaban J connectivity index is 1.84. The Morgan fingerprint density at radius 2 is 1.76 bits per heavy atom. The van der Waals surface area contributed by atoms with Crippen LogP contribution < -0.4 is 15.9 Å². The van der Waals surface area contributed by atoms with Crippen molar-refractivity contribution in [3.05, 3.63) is 105 Å². The zero-order valence-corrected chi connectivity index (χ0v) is 16.6. The number of hydrogen-bond acceptors (Lipinski definition) is 4. The lowest BCUT2D eigenvalue weighted by molar-refractivity contribution is 0.138. The van der Waals surface area contributed by atoms with Crippen LogP contribution in [0.4, 0.5) is 4.39 Å². The van der Waals surface area contributed by atoms with Gasteiger partial charge in [-0.15, -0.1) is 0 Å².